The van der Waals surface area contributed by atoms with Gasteiger partial charge in [-0.2, -0.15) is 5.10 Å². The van der Waals surface area contributed by atoms with Crippen LogP contribution in [0.25, 0.3) is 0 Å². The molecule has 1 saturated heterocycles. The van der Waals surface area contributed by atoms with Gasteiger partial charge in [0.2, 0.25) is 0 Å². The van der Waals surface area contributed by atoms with Crippen LogP contribution in [0.1, 0.15) is 56.7 Å². The molecule has 0 amide bonds. The Hall–Kier alpha value is -0.830. The summed E-state index contributed by atoms with van der Waals surface area (Å²) < 4.78 is 2.25. The molecule has 0 unspecified atom stereocenters. The molecular formula is C15H25N3. The van der Waals surface area contributed by atoms with Crippen molar-refractivity contribution in [1.29, 1.82) is 0 Å². The molecule has 1 aliphatic heterocycles. The maximum absolute atomic E-state index is 4.82. The maximum Gasteiger partial charge on any atom is 0.0627 e. The fourth-order valence-corrected chi connectivity index (χ4v) is 3.42. The molecule has 1 saturated carbocycles. The second-order valence-electron chi connectivity index (χ2n) is 5.98. The molecule has 1 N–H and O–H groups in total. The lowest BCUT2D eigenvalue weighted by molar-refractivity contribution is 0.324. The van der Waals surface area contributed by atoms with Crippen molar-refractivity contribution in [2.45, 2.75) is 57.4 Å². The minimum Gasteiger partial charge on any atom is -0.317 e. The fraction of sp³-hybridized carbons (Fsp3) is 0.800. The molecular weight excluding hydrogens is 222 g/mol. The number of rotatable bonds is 3. The van der Waals surface area contributed by atoms with Crippen LogP contribution in [0.3, 0.4) is 0 Å². The number of hydrogen-bond donors (Lipinski definition) is 1. The van der Waals surface area contributed by atoms with Gasteiger partial charge in [0.25, 0.3) is 0 Å². The first-order chi connectivity index (χ1) is 8.92. The van der Waals surface area contributed by atoms with Crippen LogP contribution in [0, 0.1) is 5.92 Å². The van der Waals surface area contributed by atoms with E-state index < -0.39 is 0 Å². The zero-order valence-corrected chi connectivity index (χ0v) is 11.3. The van der Waals surface area contributed by atoms with Crippen molar-refractivity contribution in [1.82, 2.24) is 15.1 Å². The molecule has 2 heterocycles. The van der Waals surface area contributed by atoms with Crippen LogP contribution in [0.15, 0.2) is 12.3 Å². The molecule has 1 aromatic rings. The van der Waals surface area contributed by atoms with Crippen molar-refractivity contribution in [3.63, 3.8) is 0 Å². The first-order valence-electron chi connectivity index (χ1n) is 7.66. The molecule has 3 rings (SSSR count). The lowest BCUT2D eigenvalue weighted by Gasteiger charge is -2.23. The average Bonchev–Trinajstić information content (AvgIpc) is 2.89. The number of aromatic nitrogens is 2. The SMILES string of the molecule is c1cn(C2CCCCC2)nc1CC1CCNCC1. The van der Waals surface area contributed by atoms with Crippen molar-refractivity contribution < 1.29 is 0 Å². The third-order valence-electron chi connectivity index (χ3n) is 4.57. The Kier molecular flexibility index (Phi) is 3.99. The van der Waals surface area contributed by atoms with E-state index in [1.807, 2.05) is 0 Å². The van der Waals surface area contributed by atoms with Crippen molar-refractivity contribution in [2.24, 2.45) is 5.92 Å². The first kappa shape index (κ1) is 12.2. The molecule has 18 heavy (non-hydrogen) atoms. The fourth-order valence-electron chi connectivity index (χ4n) is 3.42. The Balaban J connectivity index is 1.58. The Labute approximate surface area is 110 Å². The van der Waals surface area contributed by atoms with E-state index in [1.165, 1.54) is 70.2 Å². The predicted octanol–water partition coefficient (Wildman–Crippen LogP) is 2.93. The van der Waals surface area contributed by atoms with E-state index in [4.69, 9.17) is 5.10 Å². The van der Waals surface area contributed by atoms with Crippen LogP contribution < -0.4 is 5.32 Å². The van der Waals surface area contributed by atoms with Gasteiger partial charge < -0.3 is 5.32 Å². The van der Waals surface area contributed by atoms with Gasteiger partial charge in [0.15, 0.2) is 0 Å². The monoisotopic (exact) mass is 247 g/mol. The predicted molar refractivity (Wildman–Crippen MR) is 73.6 cm³/mol. The van der Waals surface area contributed by atoms with E-state index in [2.05, 4.69) is 22.3 Å². The van der Waals surface area contributed by atoms with E-state index in [-0.39, 0.29) is 0 Å². The van der Waals surface area contributed by atoms with E-state index in [9.17, 15) is 0 Å². The highest BCUT2D eigenvalue weighted by atomic mass is 15.3. The Bertz CT molecular complexity index is 360. The van der Waals surface area contributed by atoms with Crippen molar-refractivity contribution >= 4 is 0 Å². The summed E-state index contributed by atoms with van der Waals surface area (Å²) in [6.07, 6.45) is 12.9. The molecule has 0 atom stereocenters. The summed E-state index contributed by atoms with van der Waals surface area (Å²) in [5.74, 6) is 0.848. The molecule has 100 valence electrons. The maximum atomic E-state index is 4.82. The van der Waals surface area contributed by atoms with Gasteiger partial charge in [-0.05, 0) is 57.2 Å². The van der Waals surface area contributed by atoms with Gasteiger partial charge in [0.1, 0.15) is 0 Å². The summed E-state index contributed by atoms with van der Waals surface area (Å²) in [4.78, 5) is 0. The normalized spacial score (nSPS) is 23.3. The highest BCUT2D eigenvalue weighted by molar-refractivity contribution is 5.02. The number of hydrogen-bond acceptors (Lipinski definition) is 2. The van der Waals surface area contributed by atoms with Crippen molar-refractivity contribution in [2.75, 3.05) is 13.1 Å². The molecule has 3 heteroatoms. The highest BCUT2D eigenvalue weighted by Gasteiger charge is 2.18. The molecule has 1 aromatic heterocycles. The lowest BCUT2D eigenvalue weighted by atomic mass is 9.93. The quantitative estimate of drug-likeness (QED) is 0.890. The molecule has 2 aliphatic rings. The van der Waals surface area contributed by atoms with Crippen molar-refractivity contribution in [3.8, 4) is 0 Å². The number of nitrogens with zero attached hydrogens (tertiary/aromatic N) is 2. The van der Waals surface area contributed by atoms with E-state index in [0.29, 0.717) is 6.04 Å². The van der Waals surface area contributed by atoms with E-state index in [1.54, 1.807) is 0 Å². The largest absolute Gasteiger partial charge is 0.317 e. The smallest absolute Gasteiger partial charge is 0.0627 e. The van der Waals surface area contributed by atoms with Gasteiger partial charge in [-0.1, -0.05) is 19.3 Å². The Morgan fingerprint density at radius 3 is 2.67 bits per heavy atom. The molecule has 0 bridgehead atoms. The molecule has 0 spiro atoms. The molecule has 2 fully saturated rings. The van der Waals surface area contributed by atoms with Crippen LogP contribution in [-0.2, 0) is 6.42 Å². The van der Waals surface area contributed by atoms with Gasteiger partial charge in [0, 0.05) is 6.20 Å². The first-order valence-corrected chi connectivity index (χ1v) is 7.66. The third-order valence-corrected chi connectivity index (χ3v) is 4.57. The summed E-state index contributed by atoms with van der Waals surface area (Å²) in [7, 11) is 0. The van der Waals surface area contributed by atoms with Crippen LogP contribution in [0.5, 0.6) is 0 Å². The third kappa shape index (κ3) is 2.94. The molecule has 0 aromatic carbocycles. The van der Waals surface area contributed by atoms with E-state index in [0.717, 1.165) is 5.92 Å². The summed E-state index contributed by atoms with van der Waals surface area (Å²) >= 11 is 0. The minimum absolute atomic E-state index is 0.681. The summed E-state index contributed by atoms with van der Waals surface area (Å²) in [6.45, 7) is 2.38. The Morgan fingerprint density at radius 1 is 1.11 bits per heavy atom. The molecule has 3 nitrogen and oxygen atoms in total. The van der Waals surface area contributed by atoms with Crippen LogP contribution in [0.2, 0.25) is 0 Å². The number of piperidine rings is 1. The Morgan fingerprint density at radius 2 is 1.89 bits per heavy atom. The zero-order valence-electron chi connectivity index (χ0n) is 11.3. The van der Waals surface area contributed by atoms with Gasteiger partial charge in [-0.15, -0.1) is 0 Å². The standard InChI is InChI=1S/C15H25N3/c1-2-4-15(5-3-1)18-11-8-14(17-18)12-13-6-9-16-10-7-13/h8,11,13,15-16H,1-7,9-10,12H2. The summed E-state index contributed by atoms with van der Waals surface area (Å²) in [5, 5.41) is 8.26. The summed E-state index contributed by atoms with van der Waals surface area (Å²) in [5.41, 5.74) is 1.31. The lowest BCUT2D eigenvalue weighted by Crippen LogP contribution is -2.28. The van der Waals surface area contributed by atoms with Crippen LogP contribution in [0.4, 0.5) is 0 Å². The van der Waals surface area contributed by atoms with Gasteiger partial charge in [-0.25, -0.2) is 0 Å². The molecule has 0 radical (unpaired) electrons. The topological polar surface area (TPSA) is 29.9 Å². The van der Waals surface area contributed by atoms with Crippen LogP contribution in [-0.4, -0.2) is 22.9 Å². The highest BCUT2D eigenvalue weighted by Crippen LogP contribution is 2.27. The molecule has 1 aliphatic carbocycles. The summed E-state index contributed by atoms with van der Waals surface area (Å²) in [6, 6.07) is 2.93. The van der Waals surface area contributed by atoms with Gasteiger partial charge in [0.05, 0.1) is 11.7 Å². The number of nitrogens with one attached hydrogen (secondary N) is 1. The second-order valence-corrected chi connectivity index (χ2v) is 5.98. The average molecular weight is 247 g/mol. The van der Waals surface area contributed by atoms with E-state index >= 15 is 0 Å². The zero-order chi connectivity index (χ0) is 12.2. The van der Waals surface area contributed by atoms with Gasteiger partial charge >= 0.3 is 0 Å². The van der Waals surface area contributed by atoms with Gasteiger partial charge in [-0.3, -0.25) is 4.68 Å². The minimum atomic E-state index is 0.681. The second kappa shape index (κ2) is 5.87. The van der Waals surface area contributed by atoms with Crippen LogP contribution >= 0.6 is 0 Å². The van der Waals surface area contributed by atoms with Crippen molar-refractivity contribution in [3.05, 3.63) is 18.0 Å².